The van der Waals surface area contributed by atoms with Gasteiger partial charge in [0.2, 0.25) is 0 Å². The first-order valence-corrected chi connectivity index (χ1v) is 8.98. The Bertz CT molecular complexity index is 476. The summed E-state index contributed by atoms with van der Waals surface area (Å²) in [6.45, 7) is 4.90. The molecule has 1 heterocycles. The second-order valence-corrected chi connectivity index (χ2v) is 6.26. The van der Waals surface area contributed by atoms with E-state index in [-0.39, 0.29) is 5.56 Å². The monoisotopic (exact) mass is 359 g/mol. The number of hydrogen-bond donors (Lipinski definition) is 1. The molecule has 0 atom stereocenters. The number of allylic oxidation sites excluding steroid dienone is 1. The van der Waals surface area contributed by atoms with Crippen LogP contribution in [0.5, 0.6) is 0 Å². The van der Waals surface area contributed by atoms with Gasteiger partial charge in [0.1, 0.15) is 4.47 Å². The van der Waals surface area contributed by atoms with Crippen molar-refractivity contribution in [3.63, 3.8) is 0 Å². The van der Waals surface area contributed by atoms with E-state index in [1.165, 1.54) is 29.7 Å². The molecule has 0 aliphatic heterocycles. The molecule has 1 aromatic rings. The van der Waals surface area contributed by atoms with Crippen LogP contribution in [0.3, 0.4) is 0 Å². The Morgan fingerprint density at radius 2 is 2.20 bits per heavy atom. The first kappa shape index (κ1) is 17.3. The predicted molar refractivity (Wildman–Crippen MR) is 91.7 cm³/mol. The molecule has 112 valence electrons. The minimum absolute atomic E-state index is 0.130. The third kappa shape index (κ3) is 5.71. The number of nitrogens with zero attached hydrogens (tertiary/aromatic N) is 2. The standard InChI is InChI=1S/C14H22BrN3OS/c1-3-9-18-14(19)13(15)12(11-17-18)16-8-6-4-5-7-10-20-2/h3,11,16H,1,4-10H2,2H3. The Hall–Kier alpha value is -0.750. The summed E-state index contributed by atoms with van der Waals surface area (Å²) in [5, 5.41) is 7.37. The average Bonchev–Trinajstić information content (AvgIpc) is 2.45. The molecule has 0 fully saturated rings. The molecule has 1 rings (SSSR count). The molecule has 4 nitrogen and oxygen atoms in total. The van der Waals surface area contributed by atoms with E-state index in [1.54, 1.807) is 12.3 Å². The maximum absolute atomic E-state index is 12.0. The molecule has 0 bridgehead atoms. The van der Waals surface area contributed by atoms with Crippen LogP contribution in [0.2, 0.25) is 0 Å². The van der Waals surface area contributed by atoms with E-state index in [0.717, 1.165) is 18.7 Å². The molecular weight excluding hydrogens is 338 g/mol. The van der Waals surface area contributed by atoms with Crippen LogP contribution >= 0.6 is 27.7 Å². The fraction of sp³-hybridized carbons (Fsp3) is 0.571. The second-order valence-electron chi connectivity index (χ2n) is 4.48. The summed E-state index contributed by atoms with van der Waals surface area (Å²) in [4.78, 5) is 12.0. The maximum Gasteiger partial charge on any atom is 0.283 e. The van der Waals surface area contributed by atoms with Gasteiger partial charge in [-0.05, 0) is 40.8 Å². The zero-order valence-corrected chi connectivity index (χ0v) is 14.3. The normalized spacial score (nSPS) is 10.5. The first-order valence-electron chi connectivity index (χ1n) is 6.80. The Morgan fingerprint density at radius 3 is 2.90 bits per heavy atom. The highest BCUT2D eigenvalue weighted by Gasteiger charge is 2.07. The molecule has 0 amide bonds. The fourth-order valence-corrected chi connectivity index (χ4v) is 2.73. The summed E-state index contributed by atoms with van der Waals surface area (Å²) < 4.78 is 1.92. The van der Waals surface area contributed by atoms with Crippen LogP contribution in [-0.4, -0.2) is 28.3 Å². The van der Waals surface area contributed by atoms with Crippen LogP contribution in [0.4, 0.5) is 5.69 Å². The molecule has 6 heteroatoms. The van der Waals surface area contributed by atoms with Crippen molar-refractivity contribution in [3.05, 3.63) is 33.7 Å². The second kappa shape index (κ2) is 10.0. The van der Waals surface area contributed by atoms with Crippen molar-refractivity contribution in [3.8, 4) is 0 Å². The van der Waals surface area contributed by atoms with E-state index in [4.69, 9.17) is 0 Å². The molecule has 0 unspecified atom stereocenters. The van der Waals surface area contributed by atoms with Gasteiger partial charge in [0, 0.05) is 6.54 Å². The van der Waals surface area contributed by atoms with E-state index in [2.05, 4.69) is 39.2 Å². The number of rotatable bonds is 10. The molecule has 0 aromatic carbocycles. The number of unbranched alkanes of at least 4 members (excludes halogenated alkanes) is 3. The zero-order chi connectivity index (χ0) is 14.8. The van der Waals surface area contributed by atoms with Gasteiger partial charge in [0.15, 0.2) is 0 Å². The first-order chi connectivity index (χ1) is 9.70. The van der Waals surface area contributed by atoms with Gasteiger partial charge in [0.05, 0.1) is 18.4 Å². The molecule has 0 radical (unpaired) electrons. The van der Waals surface area contributed by atoms with Crippen molar-refractivity contribution >= 4 is 33.4 Å². The molecule has 1 N–H and O–H groups in total. The van der Waals surface area contributed by atoms with Gasteiger partial charge < -0.3 is 5.32 Å². The van der Waals surface area contributed by atoms with Crippen molar-refractivity contribution < 1.29 is 0 Å². The summed E-state index contributed by atoms with van der Waals surface area (Å²) in [6, 6.07) is 0. The molecule has 0 spiro atoms. The van der Waals surface area contributed by atoms with Gasteiger partial charge >= 0.3 is 0 Å². The van der Waals surface area contributed by atoms with Crippen molar-refractivity contribution in [2.45, 2.75) is 32.2 Å². The van der Waals surface area contributed by atoms with Crippen molar-refractivity contribution in [1.29, 1.82) is 0 Å². The van der Waals surface area contributed by atoms with Crippen LogP contribution in [0.25, 0.3) is 0 Å². The summed E-state index contributed by atoms with van der Waals surface area (Å²) >= 11 is 5.23. The zero-order valence-electron chi connectivity index (χ0n) is 11.9. The Morgan fingerprint density at radius 1 is 1.45 bits per heavy atom. The molecule has 0 saturated heterocycles. The number of anilines is 1. The minimum atomic E-state index is -0.130. The highest BCUT2D eigenvalue weighted by atomic mass is 79.9. The molecule has 20 heavy (non-hydrogen) atoms. The van der Waals surface area contributed by atoms with Crippen molar-refractivity contribution in [2.75, 3.05) is 23.9 Å². The van der Waals surface area contributed by atoms with Crippen LogP contribution in [-0.2, 0) is 6.54 Å². The summed E-state index contributed by atoms with van der Waals surface area (Å²) in [7, 11) is 0. The van der Waals surface area contributed by atoms with E-state index >= 15 is 0 Å². The number of halogens is 1. The lowest BCUT2D eigenvalue weighted by atomic mass is 10.2. The highest BCUT2D eigenvalue weighted by Crippen LogP contribution is 2.16. The average molecular weight is 360 g/mol. The Kier molecular flexibility index (Phi) is 8.69. The topological polar surface area (TPSA) is 46.9 Å². The third-order valence-electron chi connectivity index (χ3n) is 2.88. The van der Waals surface area contributed by atoms with Gasteiger partial charge in [-0.15, -0.1) is 6.58 Å². The lowest BCUT2D eigenvalue weighted by Gasteiger charge is -2.09. The number of thioether (sulfide) groups is 1. The van der Waals surface area contributed by atoms with E-state index in [0.29, 0.717) is 11.0 Å². The van der Waals surface area contributed by atoms with Crippen LogP contribution < -0.4 is 10.9 Å². The predicted octanol–water partition coefficient (Wildman–Crippen LogP) is 3.53. The molecule has 0 saturated carbocycles. The quantitative estimate of drug-likeness (QED) is 0.512. The Balaban J connectivity index is 2.39. The van der Waals surface area contributed by atoms with Crippen LogP contribution in [0.1, 0.15) is 25.7 Å². The molecule has 1 aromatic heterocycles. The maximum atomic E-state index is 12.0. The van der Waals surface area contributed by atoms with Crippen molar-refractivity contribution in [2.24, 2.45) is 0 Å². The smallest absolute Gasteiger partial charge is 0.283 e. The summed E-state index contributed by atoms with van der Waals surface area (Å²) in [5.41, 5.74) is 0.634. The van der Waals surface area contributed by atoms with Gasteiger partial charge in [-0.25, -0.2) is 4.68 Å². The molecular formula is C14H22BrN3OS. The summed E-state index contributed by atoms with van der Waals surface area (Å²) in [5.74, 6) is 1.24. The summed E-state index contributed by atoms with van der Waals surface area (Å²) in [6.07, 6.45) is 10.3. The number of nitrogens with one attached hydrogen (secondary N) is 1. The van der Waals surface area contributed by atoms with Crippen LogP contribution in [0, 0.1) is 0 Å². The number of aromatic nitrogens is 2. The number of hydrogen-bond acceptors (Lipinski definition) is 4. The lowest BCUT2D eigenvalue weighted by molar-refractivity contribution is 0.647. The minimum Gasteiger partial charge on any atom is -0.383 e. The van der Waals surface area contributed by atoms with Gasteiger partial charge in [-0.2, -0.15) is 16.9 Å². The van der Waals surface area contributed by atoms with Gasteiger partial charge in [0.25, 0.3) is 5.56 Å². The molecule has 0 aliphatic carbocycles. The third-order valence-corrected chi connectivity index (χ3v) is 4.34. The van der Waals surface area contributed by atoms with E-state index in [1.807, 2.05) is 11.8 Å². The lowest BCUT2D eigenvalue weighted by Crippen LogP contribution is -2.24. The largest absolute Gasteiger partial charge is 0.383 e. The SMILES string of the molecule is C=CCn1ncc(NCCCCCCSC)c(Br)c1=O. The van der Waals surface area contributed by atoms with Gasteiger partial charge in [-0.1, -0.05) is 18.9 Å². The fourth-order valence-electron chi connectivity index (χ4n) is 1.79. The highest BCUT2D eigenvalue weighted by molar-refractivity contribution is 9.10. The Labute approximate surface area is 133 Å². The van der Waals surface area contributed by atoms with E-state index < -0.39 is 0 Å². The van der Waals surface area contributed by atoms with Gasteiger partial charge in [-0.3, -0.25) is 4.79 Å². The van der Waals surface area contributed by atoms with Crippen molar-refractivity contribution in [1.82, 2.24) is 9.78 Å². The molecule has 0 aliphatic rings. The van der Waals surface area contributed by atoms with Crippen LogP contribution in [0.15, 0.2) is 28.1 Å². The van der Waals surface area contributed by atoms with E-state index in [9.17, 15) is 4.79 Å².